The number of hydrogen-bond acceptors (Lipinski definition) is 0. The molecule has 0 aromatic heterocycles. The predicted octanol–water partition coefficient (Wildman–Crippen LogP) is 4.81. The Morgan fingerprint density at radius 3 is 2.36 bits per heavy atom. The van der Waals surface area contributed by atoms with E-state index in [9.17, 15) is 0 Å². The van der Waals surface area contributed by atoms with Gasteiger partial charge in [0.15, 0.2) is 0 Å². The van der Waals surface area contributed by atoms with E-state index in [4.69, 9.17) is 0 Å². The summed E-state index contributed by atoms with van der Waals surface area (Å²) in [6.45, 7) is 8.58. The minimum atomic E-state index is 0.709. The third-order valence-corrected chi connectivity index (χ3v) is 3.93. The van der Waals surface area contributed by atoms with Crippen LogP contribution in [0.25, 0.3) is 0 Å². The summed E-state index contributed by atoms with van der Waals surface area (Å²) in [7, 11) is 0. The molecule has 0 aromatic carbocycles. The third kappa shape index (κ3) is 3.86. The SMILES string of the molecule is C=CC(C)CCC(C)C1CCCCC1. The smallest absolute Gasteiger partial charge is 0.0265 e. The van der Waals surface area contributed by atoms with Gasteiger partial charge in [-0.3, -0.25) is 0 Å². The van der Waals surface area contributed by atoms with Gasteiger partial charge >= 0.3 is 0 Å². The zero-order valence-electron chi connectivity index (χ0n) is 9.97. The molecule has 0 radical (unpaired) electrons. The lowest BCUT2D eigenvalue weighted by Gasteiger charge is -2.28. The zero-order valence-corrected chi connectivity index (χ0v) is 9.97. The molecule has 0 heteroatoms. The maximum atomic E-state index is 3.85. The molecule has 1 aliphatic rings. The first-order valence-corrected chi connectivity index (χ1v) is 6.36. The molecule has 0 N–H and O–H groups in total. The maximum absolute atomic E-state index is 3.85. The van der Waals surface area contributed by atoms with Gasteiger partial charge in [0.2, 0.25) is 0 Å². The lowest BCUT2D eigenvalue weighted by molar-refractivity contribution is 0.244. The first-order chi connectivity index (χ1) is 6.74. The molecule has 0 heterocycles. The van der Waals surface area contributed by atoms with E-state index in [1.807, 2.05) is 0 Å². The summed E-state index contributed by atoms with van der Waals surface area (Å²) in [4.78, 5) is 0. The van der Waals surface area contributed by atoms with Gasteiger partial charge in [-0.05, 0) is 30.6 Å². The molecule has 2 unspecified atom stereocenters. The van der Waals surface area contributed by atoms with Crippen molar-refractivity contribution < 1.29 is 0 Å². The Hall–Kier alpha value is -0.260. The van der Waals surface area contributed by atoms with Crippen molar-refractivity contribution in [2.45, 2.75) is 58.8 Å². The van der Waals surface area contributed by atoms with Crippen molar-refractivity contribution in [3.05, 3.63) is 12.7 Å². The van der Waals surface area contributed by atoms with E-state index >= 15 is 0 Å². The first kappa shape index (κ1) is 11.8. The predicted molar refractivity (Wildman–Crippen MR) is 64.3 cm³/mol. The van der Waals surface area contributed by atoms with Gasteiger partial charge in [-0.15, -0.1) is 6.58 Å². The van der Waals surface area contributed by atoms with Crippen LogP contribution in [0.4, 0.5) is 0 Å². The van der Waals surface area contributed by atoms with Crippen LogP contribution in [-0.4, -0.2) is 0 Å². The Kier molecular flexibility index (Phi) is 5.29. The molecule has 0 bridgehead atoms. The fourth-order valence-corrected chi connectivity index (χ4v) is 2.58. The molecule has 0 aromatic rings. The average molecular weight is 194 g/mol. The summed E-state index contributed by atoms with van der Waals surface area (Å²) in [5.74, 6) is 2.68. The van der Waals surface area contributed by atoms with Gasteiger partial charge in [0.1, 0.15) is 0 Å². The molecule has 82 valence electrons. The van der Waals surface area contributed by atoms with Gasteiger partial charge in [-0.25, -0.2) is 0 Å². The molecule has 1 saturated carbocycles. The van der Waals surface area contributed by atoms with Crippen LogP contribution in [0.3, 0.4) is 0 Å². The summed E-state index contributed by atoms with van der Waals surface area (Å²) in [6, 6.07) is 0. The van der Waals surface area contributed by atoms with Gasteiger partial charge < -0.3 is 0 Å². The minimum absolute atomic E-state index is 0.709. The minimum Gasteiger partial charge on any atom is -0.103 e. The van der Waals surface area contributed by atoms with Crippen LogP contribution in [0.2, 0.25) is 0 Å². The standard InChI is InChI=1S/C14H26/c1-4-12(2)10-11-13(3)14-8-6-5-7-9-14/h4,12-14H,1,5-11H2,2-3H3. The molecular weight excluding hydrogens is 168 g/mol. The van der Waals surface area contributed by atoms with E-state index < -0.39 is 0 Å². The van der Waals surface area contributed by atoms with E-state index in [1.165, 1.54) is 44.9 Å². The second kappa shape index (κ2) is 6.27. The Morgan fingerprint density at radius 2 is 1.79 bits per heavy atom. The monoisotopic (exact) mass is 194 g/mol. The summed E-state index contributed by atoms with van der Waals surface area (Å²) < 4.78 is 0. The molecule has 14 heavy (non-hydrogen) atoms. The van der Waals surface area contributed by atoms with Crippen molar-refractivity contribution in [3.63, 3.8) is 0 Å². The highest BCUT2D eigenvalue weighted by molar-refractivity contribution is 4.77. The summed E-state index contributed by atoms with van der Waals surface area (Å²) in [6.07, 6.45) is 12.2. The third-order valence-electron chi connectivity index (χ3n) is 3.93. The number of allylic oxidation sites excluding steroid dienone is 1. The highest BCUT2D eigenvalue weighted by Gasteiger charge is 2.19. The van der Waals surface area contributed by atoms with E-state index in [2.05, 4.69) is 26.5 Å². The van der Waals surface area contributed by atoms with E-state index in [0.717, 1.165) is 11.8 Å². The van der Waals surface area contributed by atoms with Crippen LogP contribution >= 0.6 is 0 Å². The molecule has 1 fully saturated rings. The van der Waals surface area contributed by atoms with Crippen LogP contribution in [0.5, 0.6) is 0 Å². The lowest BCUT2D eigenvalue weighted by Crippen LogP contribution is -2.15. The molecule has 2 atom stereocenters. The van der Waals surface area contributed by atoms with Crippen LogP contribution < -0.4 is 0 Å². The second-order valence-corrected chi connectivity index (χ2v) is 5.17. The molecule has 1 rings (SSSR count). The molecule has 0 amide bonds. The summed E-state index contributed by atoms with van der Waals surface area (Å²) >= 11 is 0. The fraction of sp³-hybridized carbons (Fsp3) is 0.857. The molecular formula is C14H26. The molecule has 0 saturated heterocycles. The van der Waals surface area contributed by atoms with Gasteiger partial charge in [-0.2, -0.15) is 0 Å². The fourth-order valence-electron chi connectivity index (χ4n) is 2.58. The Balaban J connectivity index is 2.19. The van der Waals surface area contributed by atoms with Crippen molar-refractivity contribution in [1.29, 1.82) is 0 Å². The Labute approximate surface area is 89.8 Å². The summed E-state index contributed by atoms with van der Waals surface area (Å²) in [5, 5.41) is 0. The van der Waals surface area contributed by atoms with Crippen LogP contribution in [0.15, 0.2) is 12.7 Å². The van der Waals surface area contributed by atoms with E-state index in [1.54, 1.807) is 0 Å². The first-order valence-electron chi connectivity index (χ1n) is 6.36. The van der Waals surface area contributed by atoms with Gasteiger partial charge in [0.05, 0.1) is 0 Å². The molecule has 0 nitrogen and oxygen atoms in total. The largest absolute Gasteiger partial charge is 0.103 e. The summed E-state index contributed by atoms with van der Waals surface area (Å²) in [5.41, 5.74) is 0. The second-order valence-electron chi connectivity index (χ2n) is 5.17. The molecule has 1 aliphatic carbocycles. The van der Waals surface area contributed by atoms with Gasteiger partial charge in [0, 0.05) is 0 Å². The lowest BCUT2D eigenvalue weighted by atomic mass is 9.78. The Morgan fingerprint density at radius 1 is 1.14 bits per heavy atom. The normalized spacial score (nSPS) is 23.0. The van der Waals surface area contributed by atoms with Crippen molar-refractivity contribution >= 4 is 0 Å². The topological polar surface area (TPSA) is 0 Å². The zero-order chi connectivity index (χ0) is 10.4. The highest BCUT2D eigenvalue weighted by Crippen LogP contribution is 2.32. The van der Waals surface area contributed by atoms with Crippen LogP contribution in [-0.2, 0) is 0 Å². The quantitative estimate of drug-likeness (QED) is 0.551. The van der Waals surface area contributed by atoms with E-state index in [0.29, 0.717) is 5.92 Å². The van der Waals surface area contributed by atoms with Crippen molar-refractivity contribution in [1.82, 2.24) is 0 Å². The highest BCUT2D eigenvalue weighted by atomic mass is 14.2. The van der Waals surface area contributed by atoms with E-state index in [-0.39, 0.29) is 0 Å². The van der Waals surface area contributed by atoms with Gasteiger partial charge in [-0.1, -0.05) is 52.0 Å². The van der Waals surface area contributed by atoms with Crippen LogP contribution in [0.1, 0.15) is 58.8 Å². The number of hydrogen-bond donors (Lipinski definition) is 0. The molecule has 0 spiro atoms. The van der Waals surface area contributed by atoms with Gasteiger partial charge in [0.25, 0.3) is 0 Å². The van der Waals surface area contributed by atoms with Crippen molar-refractivity contribution in [2.75, 3.05) is 0 Å². The molecule has 0 aliphatic heterocycles. The van der Waals surface area contributed by atoms with Crippen molar-refractivity contribution in [2.24, 2.45) is 17.8 Å². The number of rotatable bonds is 5. The van der Waals surface area contributed by atoms with Crippen molar-refractivity contribution in [3.8, 4) is 0 Å². The average Bonchev–Trinajstić information content (AvgIpc) is 2.26. The maximum Gasteiger partial charge on any atom is -0.0265 e. The Bertz CT molecular complexity index is 153. The van der Waals surface area contributed by atoms with Crippen LogP contribution in [0, 0.1) is 17.8 Å².